The van der Waals surface area contributed by atoms with Gasteiger partial charge in [0.2, 0.25) is 0 Å². The van der Waals surface area contributed by atoms with Crippen LogP contribution in [0.25, 0.3) is 144 Å². The van der Waals surface area contributed by atoms with Crippen LogP contribution in [0.2, 0.25) is 0 Å². The first kappa shape index (κ1) is 42.2. The summed E-state index contributed by atoms with van der Waals surface area (Å²) < 4.78 is 9.60. The standard InChI is InChI=1S/C70H44N6/c1-6-20-45(21-7-1)65-66(46-22-8-2-9-23-46)72-70-67(71-65)59-43-48(35-40-64(59)76(70)52-36-41-62-58(44-52)54-31-17-18-32-60(54)73(62)49-24-10-3-11-25-49)47-34-39-63-57(42-47)56-38-37-55-53-30-16-19-33-61(53)74(50-26-12-4-13-27-50)68(55)69(56)75(63)51-28-14-5-15-29-51/h1-44H. The third kappa shape index (κ3) is 6.28. The molecule has 354 valence electrons. The molecule has 0 unspecified atom stereocenters. The van der Waals surface area contributed by atoms with E-state index in [1.165, 1.54) is 54.4 Å². The summed E-state index contributed by atoms with van der Waals surface area (Å²) in [5.74, 6) is 0. The van der Waals surface area contributed by atoms with E-state index in [1.54, 1.807) is 0 Å². The van der Waals surface area contributed by atoms with Crippen LogP contribution >= 0.6 is 0 Å². The molecule has 6 nitrogen and oxygen atoms in total. The Hall–Kier alpha value is -10.3. The molecule has 0 saturated heterocycles. The number of fused-ring (bicyclic) bond motifs is 13. The van der Waals surface area contributed by atoms with Crippen LogP contribution in [0.3, 0.4) is 0 Å². The van der Waals surface area contributed by atoms with Crippen molar-refractivity contribution in [3.05, 3.63) is 267 Å². The van der Waals surface area contributed by atoms with Gasteiger partial charge in [0.15, 0.2) is 5.65 Å². The first-order valence-corrected chi connectivity index (χ1v) is 25.9. The number of para-hydroxylation sites is 5. The van der Waals surface area contributed by atoms with Crippen LogP contribution in [0.5, 0.6) is 0 Å². The molecule has 76 heavy (non-hydrogen) atoms. The fourth-order valence-corrected chi connectivity index (χ4v) is 12.2. The summed E-state index contributed by atoms with van der Waals surface area (Å²) in [5, 5.41) is 8.24. The number of rotatable bonds is 7. The van der Waals surface area contributed by atoms with Crippen molar-refractivity contribution in [2.45, 2.75) is 0 Å². The first-order chi connectivity index (χ1) is 37.7. The van der Waals surface area contributed by atoms with Crippen LogP contribution in [0.1, 0.15) is 0 Å². The quantitative estimate of drug-likeness (QED) is 0.160. The van der Waals surface area contributed by atoms with E-state index in [0.29, 0.717) is 0 Å². The second-order valence-electron chi connectivity index (χ2n) is 19.7. The topological polar surface area (TPSA) is 45.5 Å². The molecule has 5 aromatic heterocycles. The fraction of sp³-hybridized carbons (Fsp3) is 0. The number of nitrogens with zero attached hydrogens (tertiary/aromatic N) is 6. The Morgan fingerprint density at radius 1 is 0.224 bits per heavy atom. The maximum atomic E-state index is 5.70. The maximum Gasteiger partial charge on any atom is 0.165 e. The molecule has 6 heteroatoms. The van der Waals surface area contributed by atoms with Gasteiger partial charge in [-0.3, -0.25) is 4.57 Å². The molecule has 0 aliphatic heterocycles. The highest BCUT2D eigenvalue weighted by Gasteiger charge is 2.25. The molecular weight excluding hydrogens is 925 g/mol. The van der Waals surface area contributed by atoms with E-state index in [-0.39, 0.29) is 0 Å². The normalized spacial score (nSPS) is 11.9. The zero-order valence-corrected chi connectivity index (χ0v) is 41.1. The second-order valence-corrected chi connectivity index (χ2v) is 19.7. The summed E-state index contributed by atoms with van der Waals surface area (Å²) >= 11 is 0. The molecule has 0 spiro atoms. The molecule has 16 aromatic rings. The Morgan fingerprint density at radius 2 is 0.618 bits per heavy atom. The predicted octanol–water partition coefficient (Wildman–Crippen LogP) is 17.9. The number of benzene rings is 11. The molecule has 16 rings (SSSR count). The summed E-state index contributed by atoms with van der Waals surface area (Å²) in [6.45, 7) is 0. The predicted molar refractivity (Wildman–Crippen MR) is 316 cm³/mol. The fourth-order valence-electron chi connectivity index (χ4n) is 12.2. The van der Waals surface area contributed by atoms with Gasteiger partial charge in [0.25, 0.3) is 0 Å². The van der Waals surface area contributed by atoms with Crippen LogP contribution in [-0.2, 0) is 0 Å². The minimum absolute atomic E-state index is 0.802. The van der Waals surface area contributed by atoms with Crippen molar-refractivity contribution in [2.24, 2.45) is 0 Å². The third-order valence-electron chi connectivity index (χ3n) is 15.5. The molecular formula is C70H44N6. The summed E-state index contributed by atoms with van der Waals surface area (Å²) in [6, 6.07) is 96.1. The van der Waals surface area contributed by atoms with Crippen molar-refractivity contribution >= 4 is 87.5 Å². The Kier molecular flexibility index (Phi) is 9.23. The maximum absolute atomic E-state index is 5.70. The van der Waals surface area contributed by atoms with Crippen molar-refractivity contribution in [1.29, 1.82) is 0 Å². The van der Waals surface area contributed by atoms with Crippen molar-refractivity contribution in [2.75, 3.05) is 0 Å². The molecule has 5 heterocycles. The van der Waals surface area contributed by atoms with Gasteiger partial charge in [0, 0.05) is 71.6 Å². The van der Waals surface area contributed by atoms with Gasteiger partial charge in [-0.1, -0.05) is 176 Å². The second kappa shape index (κ2) is 16.6. The minimum atomic E-state index is 0.802. The molecule has 11 aromatic carbocycles. The Balaban J connectivity index is 0.961. The molecule has 0 aliphatic carbocycles. The lowest BCUT2D eigenvalue weighted by Crippen LogP contribution is -2.00. The van der Waals surface area contributed by atoms with Crippen LogP contribution in [-0.4, -0.2) is 28.2 Å². The van der Waals surface area contributed by atoms with Crippen LogP contribution in [0, 0.1) is 0 Å². The molecule has 0 N–H and O–H groups in total. The monoisotopic (exact) mass is 968 g/mol. The van der Waals surface area contributed by atoms with Crippen LogP contribution in [0.4, 0.5) is 0 Å². The van der Waals surface area contributed by atoms with E-state index in [2.05, 4.69) is 285 Å². The van der Waals surface area contributed by atoms with Crippen molar-refractivity contribution < 1.29 is 0 Å². The van der Waals surface area contributed by atoms with Gasteiger partial charge >= 0.3 is 0 Å². The summed E-state index contributed by atoms with van der Waals surface area (Å²) in [5.41, 5.74) is 20.0. The molecule has 0 fully saturated rings. The molecule has 0 saturated carbocycles. The van der Waals surface area contributed by atoms with Gasteiger partial charge in [-0.05, 0) is 102 Å². The molecule has 0 aliphatic rings. The Morgan fingerprint density at radius 3 is 1.20 bits per heavy atom. The van der Waals surface area contributed by atoms with Gasteiger partial charge in [-0.15, -0.1) is 0 Å². The zero-order chi connectivity index (χ0) is 49.8. The highest BCUT2D eigenvalue weighted by atomic mass is 15.1. The van der Waals surface area contributed by atoms with Crippen molar-refractivity contribution in [3.63, 3.8) is 0 Å². The highest BCUT2D eigenvalue weighted by Crippen LogP contribution is 2.44. The van der Waals surface area contributed by atoms with Crippen molar-refractivity contribution in [1.82, 2.24) is 28.2 Å². The van der Waals surface area contributed by atoms with Gasteiger partial charge in [0.05, 0.1) is 50.0 Å². The zero-order valence-electron chi connectivity index (χ0n) is 41.1. The highest BCUT2D eigenvalue weighted by molar-refractivity contribution is 6.24. The van der Waals surface area contributed by atoms with E-state index in [9.17, 15) is 0 Å². The SMILES string of the molecule is c1ccc(-c2nc3c4cc(-c5ccc6c(c5)c5ccc7c8ccccc8n(-c8ccccc8)c7c5n6-c5ccccc5)ccc4n(-c4ccc5c(c4)c4ccccc4n5-c4ccccc4)c3nc2-c2ccccc2)cc1. The number of aromatic nitrogens is 6. The number of hydrogen-bond donors (Lipinski definition) is 0. The Bertz CT molecular complexity index is 4950. The Labute approximate surface area is 436 Å². The van der Waals surface area contributed by atoms with Gasteiger partial charge in [-0.2, -0.15) is 0 Å². The van der Waals surface area contributed by atoms with Crippen LogP contribution in [0.15, 0.2) is 267 Å². The lowest BCUT2D eigenvalue weighted by Gasteiger charge is -2.12. The smallest absolute Gasteiger partial charge is 0.165 e. The molecule has 0 atom stereocenters. The average molecular weight is 969 g/mol. The van der Waals surface area contributed by atoms with E-state index in [0.717, 1.165) is 89.5 Å². The average Bonchev–Trinajstić information content (AvgIpc) is 4.43. The van der Waals surface area contributed by atoms with E-state index in [4.69, 9.17) is 9.97 Å². The van der Waals surface area contributed by atoms with Crippen molar-refractivity contribution in [3.8, 4) is 56.4 Å². The summed E-state index contributed by atoms with van der Waals surface area (Å²) in [4.78, 5) is 11.4. The van der Waals surface area contributed by atoms with E-state index in [1.807, 2.05) is 0 Å². The largest absolute Gasteiger partial charge is 0.309 e. The van der Waals surface area contributed by atoms with Gasteiger partial charge < -0.3 is 13.7 Å². The van der Waals surface area contributed by atoms with Gasteiger partial charge in [0.1, 0.15) is 5.52 Å². The lowest BCUT2D eigenvalue weighted by molar-refractivity contribution is 1.13. The minimum Gasteiger partial charge on any atom is -0.309 e. The van der Waals surface area contributed by atoms with E-state index >= 15 is 0 Å². The lowest BCUT2D eigenvalue weighted by atomic mass is 10.0. The summed E-state index contributed by atoms with van der Waals surface area (Å²) in [7, 11) is 0. The first-order valence-electron chi connectivity index (χ1n) is 25.9. The molecule has 0 amide bonds. The number of hydrogen-bond acceptors (Lipinski definition) is 2. The molecule has 0 bridgehead atoms. The summed E-state index contributed by atoms with van der Waals surface area (Å²) in [6.07, 6.45) is 0. The molecule has 0 radical (unpaired) electrons. The van der Waals surface area contributed by atoms with Gasteiger partial charge in [-0.25, -0.2) is 9.97 Å². The van der Waals surface area contributed by atoms with Crippen LogP contribution < -0.4 is 0 Å². The third-order valence-corrected chi connectivity index (χ3v) is 15.5. The van der Waals surface area contributed by atoms with E-state index < -0.39 is 0 Å².